The molecule has 2 heterocycles. The molecule has 0 unspecified atom stereocenters. The predicted octanol–water partition coefficient (Wildman–Crippen LogP) is 2.93. The molecule has 0 radical (unpaired) electrons. The molecule has 0 aliphatic heterocycles. The first-order valence-electron chi connectivity index (χ1n) is 8.12. The van der Waals surface area contributed by atoms with Gasteiger partial charge in [-0.2, -0.15) is 5.10 Å². The highest BCUT2D eigenvalue weighted by Crippen LogP contribution is 2.14. The van der Waals surface area contributed by atoms with E-state index >= 15 is 0 Å². The first kappa shape index (κ1) is 17.0. The Kier molecular flexibility index (Phi) is 4.21. The first-order valence-corrected chi connectivity index (χ1v) is 8.50. The smallest absolute Gasteiger partial charge is 0.267 e. The van der Waals surface area contributed by atoms with E-state index in [0.717, 1.165) is 15.9 Å². The van der Waals surface area contributed by atoms with E-state index in [-0.39, 0.29) is 0 Å². The molecule has 0 spiro atoms. The maximum Gasteiger partial charge on any atom is 0.283 e. The van der Waals surface area contributed by atoms with Crippen LogP contribution in [0.25, 0.3) is 16.7 Å². The normalized spacial score (nSPS) is 10.9. The monoisotopic (exact) mass is 379 g/mol. The number of nitrogens with one attached hydrogen (secondary N) is 1. The van der Waals surface area contributed by atoms with Gasteiger partial charge in [0.25, 0.3) is 11.5 Å². The lowest BCUT2D eigenvalue weighted by atomic mass is 10.2. The molecule has 0 bridgehead atoms. The zero-order valence-corrected chi connectivity index (χ0v) is 15.0. The number of aromatic nitrogens is 4. The van der Waals surface area contributed by atoms with Crippen molar-refractivity contribution in [3.05, 3.63) is 87.6 Å². The Labute approximate surface area is 158 Å². The standard InChI is InChI=1S/C19H14ClN5O2/c1-12-2-8-15(9-3-12)25-17-16(10-22-25)19(27)24(11-21-17)23-18(26)13-4-6-14(20)7-5-13/h2-11H,1H3,(H,23,26). The SMILES string of the molecule is Cc1ccc(-n2ncc3c(=O)n(NC(=O)c4ccc(Cl)cc4)cnc32)cc1. The second kappa shape index (κ2) is 6.69. The number of aryl methyl sites for hydroxylation is 1. The number of hydrogen-bond acceptors (Lipinski definition) is 4. The van der Waals surface area contributed by atoms with Gasteiger partial charge in [0.15, 0.2) is 5.65 Å². The van der Waals surface area contributed by atoms with Crippen molar-refractivity contribution in [3.63, 3.8) is 0 Å². The van der Waals surface area contributed by atoms with Crippen molar-refractivity contribution in [1.29, 1.82) is 0 Å². The maximum atomic E-state index is 12.7. The maximum absolute atomic E-state index is 12.7. The molecule has 0 aliphatic rings. The summed E-state index contributed by atoms with van der Waals surface area (Å²) in [6.07, 6.45) is 2.71. The van der Waals surface area contributed by atoms with E-state index in [9.17, 15) is 9.59 Å². The Morgan fingerprint density at radius 2 is 1.78 bits per heavy atom. The molecule has 1 N–H and O–H groups in total. The van der Waals surface area contributed by atoms with E-state index in [1.54, 1.807) is 28.9 Å². The molecule has 0 fully saturated rings. The Morgan fingerprint density at radius 3 is 2.48 bits per heavy atom. The van der Waals surface area contributed by atoms with Gasteiger partial charge in [-0.25, -0.2) is 14.3 Å². The fraction of sp³-hybridized carbons (Fsp3) is 0.0526. The van der Waals surface area contributed by atoms with Crippen molar-refractivity contribution in [2.45, 2.75) is 6.92 Å². The summed E-state index contributed by atoms with van der Waals surface area (Å²) in [5.74, 6) is -0.444. The van der Waals surface area contributed by atoms with Crippen LogP contribution >= 0.6 is 11.6 Å². The number of fused-ring (bicyclic) bond motifs is 1. The van der Waals surface area contributed by atoms with Gasteiger partial charge in [-0.1, -0.05) is 29.3 Å². The second-order valence-electron chi connectivity index (χ2n) is 6.00. The van der Waals surface area contributed by atoms with Gasteiger partial charge in [-0.05, 0) is 43.3 Å². The van der Waals surface area contributed by atoms with Gasteiger partial charge in [0.05, 0.1) is 11.9 Å². The van der Waals surface area contributed by atoms with Crippen LogP contribution in [0, 0.1) is 6.92 Å². The first-order chi connectivity index (χ1) is 13.0. The molecule has 2 aromatic carbocycles. The topological polar surface area (TPSA) is 81.8 Å². The summed E-state index contributed by atoms with van der Waals surface area (Å²) in [5.41, 5.74) is 4.81. The van der Waals surface area contributed by atoms with E-state index in [1.807, 2.05) is 31.2 Å². The number of rotatable bonds is 3. The van der Waals surface area contributed by atoms with Crippen LogP contribution in [0.1, 0.15) is 15.9 Å². The van der Waals surface area contributed by atoms with Gasteiger partial charge < -0.3 is 0 Å². The molecular formula is C19H14ClN5O2. The van der Waals surface area contributed by atoms with E-state index in [2.05, 4.69) is 15.5 Å². The molecule has 0 saturated carbocycles. The van der Waals surface area contributed by atoms with Crippen LogP contribution in [0.15, 0.2) is 65.8 Å². The van der Waals surface area contributed by atoms with Gasteiger partial charge in [0, 0.05) is 10.6 Å². The minimum Gasteiger partial charge on any atom is -0.267 e. The highest BCUT2D eigenvalue weighted by molar-refractivity contribution is 6.30. The lowest BCUT2D eigenvalue weighted by Crippen LogP contribution is -2.33. The minimum absolute atomic E-state index is 0.300. The molecule has 7 nitrogen and oxygen atoms in total. The molecule has 4 rings (SSSR count). The molecule has 0 atom stereocenters. The van der Waals surface area contributed by atoms with Crippen LogP contribution in [-0.2, 0) is 0 Å². The lowest BCUT2D eigenvalue weighted by molar-refractivity contribution is 0.101. The second-order valence-corrected chi connectivity index (χ2v) is 6.43. The molecule has 8 heteroatoms. The number of benzene rings is 2. The molecule has 27 heavy (non-hydrogen) atoms. The summed E-state index contributed by atoms with van der Waals surface area (Å²) in [6.45, 7) is 1.99. The summed E-state index contributed by atoms with van der Waals surface area (Å²) in [7, 11) is 0. The molecule has 4 aromatic rings. The predicted molar refractivity (Wildman–Crippen MR) is 103 cm³/mol. The Bertz CT molecular complexity index is 1190. The quantitative estimate of drug-likeness (QED) is 0.593. The summed E-state index contributed by atoms with van der Waals surface area (Å²) in [4.78, 5) is 29.3. The molecule has 0 aliphatic carbocycles. The highest BCUT2D eigenvalue weighted by atomic mass is 35.5. The number of amides is 1. The number of carbonyl (C=O) groups is 1. The lowest BCUT2D eigenvalue weighted by Gasteiger charge is -2.08. The largest absolute Gasteiger partial charge is 0.283 e. The summed E-state index contributed by atoms with van der Waals surface area (Å²) in [6, 6.07) is 14.1. The third kappa shape index (κ3) is 3.20. The van der Waals surface area contributed by atoms with Crippen LogP contribution in [-0.4, -0.2) is 25.3 Å². The molecule has 2 aromatic heterocycles. The van der Waals surface area contributed by atoms with E-state index < -0.39 is 11.5 Å². The summed E-state index contributed by atoms with van der Waals surface area (Å²) < 4.78 is 2.63. The zero-order valence-electron chi connectivity index (χ0n) is 14.3. The van der Waals surface area contributed by atoms with Gasteiger partial charge in [-0.15, -0.1) is 0 Å². The van der Waals surface area contributed by atoms with Crippen LogP contribution < -0.4 is 11.0 Å². The van der Waals surface area contributed by atoms with Gasteiger partial charge in [0.2, 0.25) is 0 Å². The van der Waals surface area contributed by atoms with Crippen molar-refractivity contribution in [1.82, 2.24) is 19.4 Å². The number of carbonyl (C=O) groups excluding carboxylic acids is 1. The molecule has 1 amide bonds. The van der Waals surface area contributed by atoms with Crippen LogP contribution in [0.4, 0.5) is 0 Å². The van der Waals surface area contributed by atoms with Crippen molar-refractivity contribution in [3.8, 4) is 5.69 Å². The number of nitrogens with zero attached hydrogens (tertiary/aromatic N) is 4. The van der Waals surface area contributed by atoms with Gasteiger partial charge in [-0.3, -0.25) is 15.0 Å². The van der Waals surface area contributed by atoms with Crippen molar-refractivity contribution in [2.24, 2.45) is 0 Å². The Morgan fingerprint density at radius 1 is 1.07 bits per heavy atom. The van der Waals surface area contributed by atoms with E-state index in [4.69, 9.17) is 11.6 Å². The minimum atomic E-state index is -0.444. The average Bonchev–Trinajstić information content (AvgIpc) is 3.10. The fourth-order valence-corrected chi connectivity index (χ4v) is 2.77. The van der Waals surface area contributed by atoms with E-state index in [1.165, 1.54) is 12.5 Å². The van der Waals surface area contributed by atoms with Crippen LogP contribution in [0.5, 0.6) is 0 Å². The van der Waals surface area contributed by atoms with Crippen molar-refractivity contribution in [2.75, 3.05) is 5.43 Å². The fourth-order valence-electron chi connectivity index (χ4n) is 2.64. The third-order valence-electron chi connectivity index (χ3n) is 4.10. The number of hydrogen-bond donors (Lipinski definition) is 1. The average molecular weight is 380 g/mol. The van der Waals surface area contributed by atoms with Crippen LogP contribution in [0.2, 0.25) is 5.02 Å². The van der Waals surface area contributed by atoms with Crippen LogP contribution in [0.3, 0.4) is 0 Å². The summed E-state index contributed by atoms with van der Waals surface area (Å²) in [5, 5.41) is 5.08. The highest BCUT2D eigenvalue weighted by Gasteiger charge is 2.13. The van der Waals surface area contributed by atoms with Gasteiger partial charge in [0.1, 0.15) is 11.7 Å². The zero-order chi connectivity index (χ0) is 19.0. The van der Waals surface area contributed by atoms with Gasteiger partial charge >= 0.3 is 0 Å². The Balaban J connectivity index is 1.69. The summed E-state index contributed by atoms with van der Waals surface area (Å²) >= 11 is 5.82. The van der Waals surface area contributed by atoms with Crippen molar-refractivity contribution < 1.29 is 4.79 Å². The van der Waals surface area contributed by atoms with E-state index in [0.29, 0.717) is 21.6 Å². The molecular weight excluding hydrogens is 366 g/mol. The molecule has 134 valence electrons. The number of halogens is 1. The Hall–Kier alpha value is -3.45. The van der Waals surface area contributed by atoms with Crippen molar-refractivity contribution >= 4 is 28.5 Å². The molecule has 0 saturated heterocycles. The third-order valence-corrected chi connectivity index (χ3v) is 4.35.